The molecule has 40 heavy (non-hydrogen) atoms. The Morgan fingerprint density at radius 2 is 2.02 bits per heavy atom. The molecule has 10 nitrogen and oxygen atoms in total. The number of aromatic nitrogens is 2. The molecular weight excluding hydrogens is 528 g/mol. The lowest BCUT2D eigenvalue weighted by molar-refractivity contribution is -0.133. The van der Waals surface area contributed by atoms with Crippen LogP contribution in [0.3, 0.4) is 0 Å². The number of thiophene rings is 1. The maximum Gasteiger partial charge on any atom is 0.407 e. The zero-order valence-electron chi connectivity index (χ0n) is 23.8. The summed E-state index contributed by atoms with van der Waals surface area (Å²) < 4.78 is 11.7. The van der Waals surface area contributed by atoms with Crippen LogP contribution in [0.5, 0.6) is 5.75 Å². The first kappa shape index (κ1) is 27.8. The minimum Gasteiger partial charge on any atom is -0.487 e. The smallest absolute Gasteiger partial charge is 0.407 e. The number of amides is 2. The molecule has 212 valence electrons. The summed E-state index contributed by atoms with van der Waals surface area (Å²) in [4.78, 5) is 42.1. The van der Waals surface area contributed by atoms with Crippen LogP contribution in [0.4, 0.5) is 16.3 Å². The van der Waals surface area contributed by atoms with Crippen molar-refractivity contribution in [2.45, 2.75) is 65.2 Å². The van der Waals surface area contributed by atoms with Crippen molar-refractivity contribution >= 4 is 51.3 Å². The second-order valence-corrected chi connectivity index (χ2v) is 12.6. The van der Waals surface area contributed by atoms with E-state index in [1.165, 1.54) is 10.4 Å². The first-order valence-electron chi connectivity index (χ1n) is 13.5. The van der Waals surface area contributed by atoms with Gasteiger partial charge in [0.05, 0.1) is 24.2 Å². The van der Waals surface area contributed by atoms with Gasteiger partial charge in [-0.2, -0.15) is 0 Å². The largest absolute Gasteiger partial charge is 0.487 e. The maximum atomic E-state index is 12.6. The predicted octanol–water partition coefficient (Wildman–Crippen LogP) is 4.85. The highest BCUT2D eigenvalue weighted by Gasteiger charge is 2.30. The van der Waals surface area contributed by atoms with E-state index in [2.05, 4.69) is 25.6 Å². The first-order chi connectivity index (χ1) is 19.0. The number of aliphatic imine (C=N–C) groups is 1. The van der Waals surface area contributed by atoms with Gasteiger partial charge in [-0.25, -0.2) is 14.8 Å². The lowest BCUT2D eigenvalue weighted by Gasteiger charge is -2.24. The Labute approximate surface area is 238 Å². The van der Waals surface area contributed by atoms with E-state index >= 15 is 0 Å². The molecule has 3 aromatic rings. The number of anilines is 2. The molecule has 1 aromatic carbocycles. The molecule has 0 spiro atoms. The fourth-order valence-corrected chi connectivity index (χ4v) is 6.31. The second-order valence-electron chi connectivity index (χ2n) is 11.5. The second kappa shape index (κ2) is 11.0. The molecule has 2 aromatic heterocycles. The summed E-state index contributed by atoms with van der Waals surface area (Å²) in [7, 11) is 3.62. The van der Waals surface area contributed by atoms with Crippen molar-refractivity contribution in [2.24, 2.45) is 10.9 Å². The predicted molar refractivity (Wildman–Crippen MR) is 157 cm³/mol. The molecule has 0 bridgehead atoms. The number of nitrogens with one attached hydrogen (secondary N) is 2. The Morgan fingerprint density at radius 1 is 1.23 bits per heavy atom. The van der Waals surface area contributed by atoms with Gasteiger partial charge in [-0.1, -0.05) is 0 Å². The van der Waals surface area contributed by atoms with Gasteiger partial charge in [0.25, 0.3) is 0 Å². The molecule has 0 saturated heterocycles. The first-order valence-corrected chi connectivity index (χ1v) is 14.3. The molecule has 0 unspecified atom stereocenters. The molecule has 3 heterocycles. The van der Waals surface area contributed by atoms with Crippen LogP contribution in [0.1, 0.15) is 55.7 Å². The topological polar surface area (TPSA) is 118 Å². The van der Waals surface area contributed by atoms with E-state index in [1.807, 2.05) is 60.1 Å². The molecule has 2 amide bonds. The SMILES string of the molecule is C[C@H](CNC(=O)OC(C)(C)C)Oc1cc2c(cc1Nc1ncnc3sc4c(c13)CC[C@H](C(=O)N(C)C)C4)C=NC2. The summed E-state index contributed by atoms with van der Waals surface area (Å²) >= 11 is 1.64. The number of hydrogen-bond donors (Lipinski definition) is 2. The lowest BCUT2D eigenvalue weighted by atomic mass is 9.87. The van der Waals surface area contributed by atoms with E-state index in [0.29, 0.717) is 18.1 Å². The van der Waals surface area contributed by atoms with Crippen molar-refractivity contribution < 1.29 is 19.1 Å². The molecule has 2 atom stereocenters. The molecular formula is C29H36N6O4S. The van der Waals surface area contributed by atoms with Gasteiger partial charge >= 0.3 is 6.09 Å². The van der Waals surface area contributed by atoms with Crippen LogP contribution < -0.4 is 15.4 Å². The summed E-state index contributed by atoms with van der Waals surface area (Å²) in [6, 6.07) is 4.02. The highest BCUT2D eigenvalue weighted by molar-refractivity contribution is 7.19. The molecule has 1 aliphatic heterocycles. The molecule has 11 heteroatoms. The number of rotatable bonds is 7. The summed E-state index contributed by atoms with van der Waals surface area (Å²) in [6.07, 6.45) is 4.95. The standard InChI is InChI=1S/C29H36N6O4S/c1-16(12-31-28(37)39-29(2,3)4)38-22-10-19-14-30-13-18(19)9-21(22)34-25-24-20-8-7-17(27(36)35(5)6)11-23(20)40-26(24)33-15-32-25/h9-10,13,15-17H,7-8,11-12,14H2,1-6H3,(H,31,37)(H,32,33,34)/t16-,17+/m1/s1. The Kier molecular flexibility index (Phi) is 7.67. The lowest BCUT2D eigenvalue weighted by Crippen LogP contribution is -2.37. The average molecular weight is 565 g/mol. The van der Waals surface area contributed by atoms with Gasteiger partial charge in [-0.05, 0) is 75.8 Å². The monoisotopic (exact) mass is 564 g/mol. The quantitative estimate of drug-likeness (QED) is 0.421. The van der Waals surface area contributed by atoms with Gasteiger partial charge in [-0.3, -0.25) is 9.79 Å². The van der Waals surface area contributed by atoms with E-state index in [1.54, 1.807) is 22.6 Å². The zero-order valence-corrected chi connectivity index (χ0v) is 24.6. The minimum atomic E-state index is -0.572. The van der Waals surface area contributed by atoms with E-state index in [4.69, 9.17) is 9.47 Å². The number of ether oxygens (including phenoxy) is 2. The van der Waals surface area contributed by atoms with Crippen molar-refractivity contribution in [1.29, 1.82) is 0 Å². The van der Waals surface area contributed by atoms with Gasteiger partial charge in [0.2, 0.25) is 5.91 Å². The fourth-order valence-electron chi connectivity index (χ4n) is 5.04. The van der Waals surface area contributed by atoms with Gasteiger partial charge in [-0.15, -0.1) is 11.3 Å². The average Bonchev–Trinajstić information content (AvgIpc) is 3.49. The van der Waals surface area contributed by atoms with Crippen LogP contribution in [0, 0.1) is 5.92 Å². The number of alkyl carbamates (subject to hydrolysis) is 1. The van der Waals surface area contributed by atoms with Crippen molar-refractivity contribution in [2.75, 3.05) is 26.0 Å². The Hall–Kier alpha value is -3.73. The number of carbonyl (C=O) groups is 2. The summed E-state index contributed by atoms with van der Waals surface area (Å²) in [5, 5.41) is 7.29. The minimum absolute atomic E-state index is 0.00768. The van der Waals surface area contributed by atoms with Crippen molar-refractivity contribution in [3.8, 4) is 5.75 Å². The molecule has 0 radical (unpaired) electrons. The molecule has 0 saturated carbocycles. The van der Waals surface area contributed by atoms with Crippen LogP contribution in [0.25, 0.3) is 10.2 Å². The van der Waals surface area contributed by atoms with E-state index in [-0.39, 0.29) is 24.5 Å². The number of fused-ring (bicyclic) bond motifs is 4. The van der Waals surface area contributed by atoms with Gasteiger partial charge < -0.3 is 25.0 Å². The highest BCUT2D eigenvalue weighted by Crippen LogP contribution is 2.42. The fraction of sp³-hybridized carbons (Fsp3) is 0.483. The molecule has 1 aliphatic carbocycles. The van der Waals surface area contributed by atoms with Crippen LogP contribution in [0.2, 0.25) is 0 Å². The van der Waals surface area contributed by atoms with Gasteiger partial charge in [0.1, 0.15) is 34.4 Å². The number of hydrogen-bond acceptors (Lipinski definition) is 9. The normalized spacial score (nSPS) is 16.7. The molecule has 2 aliphatic rings. The van der Waals surface area contributed by atoms with Crippen LogP contribution >= 0.6 is 11.3 Å². The number of benzene rings is 1. The van der Waals surface area contributed by atoms with Crippen LogP contribution in [0.15, 0.2) is 23.5 Å². The van der Waals surface area contributed by atoms with E-state index < -0.39 is 11.7 Å². The molecule has 5 rings (SSSR count). The third-order valence-corrected chi connectivity index (χ3v) is 8.05. The molecule has 0 fully saturated rings. The van der Waals surface area contributed by atoms with Crippen molar-refractivity contribution in [1.82, 2.24) is 20.2 Å². The van der Waals surface area contributed by atoms with Gasteiger partial charge in [0, 0.05) is 31.1 Å². The maximum absolute atomic E-state index is 12.6. The van der Waals surface area contributed by atoms with Crippen molar-refractivity contribution in [3.05, 3.63) is 40.0 Å². The van der Waals surface area contributed by atoms with E-state index in [9.17, 15) is 9.59 Å². The highest BCUT2D eigenvalue weighted by atomic mass is 32.1. The van der Waals surface area contributed by atoms with Gasteiger partial charge in [0.15, 0.2) is 0 Å². The summed E-state index contributed by atoms with van der Waals surface area (Å²) in [5.74, 6) is 1.52. The number of nitrogens with zero attached hydrogens (tertiary/aromatic N) is 4. The Balaban J connectivity index is 1.40. The Morgan fingerprint density at radius 3 is 2.77 bits per heavy atom. The molecule has 2 N–H and O–H groups in total. The van der Waals surface area contributed by atoms with Crippen molar-refractivity contribution in [3.63, 3.8) is 0 Å². The number of aryl methyl sites for hydroxylation is 1. The number of carbonyl (C=O) groups excluding carboxylic acids is 2. The van der Waals surface area contributed by atoms with Crippen LogP contribution in [-0.4, -0.2) is 65.4 Å². The third-order valence-electron chi connectivity index (χ3n) is 6.88. The zero-order chi connectivity index (χ0) is 28.6. The Bertz CT molecular complexity index is 1480. The van der Waals surface area contributed by atoms with E-state index in [0.717, 1.165) is 46.3 Å². The third kappa shape index (κ3) is 6.04. The summed E-state index contributed by atoms with van der Waals surface area (Å²) in [5.41, 5.74) is 3.50. The summed E-state index contributed by atoms with van der Waals surface area (Å²) in [6.45, 7) is 8.26. The van der Waals surface area contributed by atoms with Crippen LogP contribution in [-0.2, 0) is 28.9 Å².